The van der Waals surface area contributed by atoms with Gasteiger partial charge in [-0.05, 0) is 58.0 Å². The lowest BCUT2D eigenvalue weighted by molar-refractivity contribution is -0.122. The molecule has 1 amide bonds. The van der Waals surface area contributed by atoms with Gasteiger partial charge in [0.05, 0.1) is 6.54 Å². The van der Waals surface area contributed by atoms with Gasteiger partial charge in [-0.1, -0.05) is 13.8 Å². The number of rotatable bonds is 8. The molecule has 4 heteroatoms. The first kappa shape index (κ1) is 17.4. The Labute approximate surface area is 124 Å². The van der Waals surface area contributed by atoms with Gasteiger partial charge in [0.25, 0.3) is 0 Å². The minimum absolute atomic E-state index is 0.170. The molecule has 1 fully saturated rings. The van der Waals surface area contributed by atoms with Crippen LogP contribution in [0.4, 0.5) is 0 Å². The summed E-state index contributed by atoms with van der Waals surface area (Å²) in [6.45, 7) is 13.3. The van der Waals surface area contributed by atoms with Crippen molar-refractivity contribution in [1.82, 2.24) is 15.5 Å². The van der Waals surface area contributed by atoms with E-state index in [1.54, 1.807) is 0 Å². The van der Waals surface area contributed by atoms with E-state index in [2.05, 4.69) is 43.2 Å². The standard InChI is InChI=1S/C16H33N3O/c1-13(2)7-9-18-16(20)12-19(14(3)4)11-15-6-5-8-17-10-15/h13-15,17H,5-12H2,1-4H3,(H,18,20). The van der Waals surface area contributed by atoms with Crippen LogP contribution in [0.3, 0.4) is 0 Å². The molecule has 1 atom stereocenters. The number of nitrogens with one attached hydrogen (secondary N) is 2. The van der Waals surface area contributed by atoms with Crippen LogP contribution in [0, 0.1) is 11.8 Å². The summed E-state index contributed by atoms with van der Waals surface area (Å²) in [6, 6.07) is 0.424. The van der Waals surface area contributed by atoms with E-state index in [4.69, 9.17) is 0 Å². The molecule has 1 saturated heterocycles. The molecule has 0 aromatic carbocycles. The van der Waals surface area contributed by atoms with Crippen LogP contribution in [0.1, 0.15) is 47.0 Å². The van der Waals surface area contributed by atoms with Gasteiger partial charge in [-0.25, -0.2) is 0 Å². The molecule has 118 valence electrons. The predicted molar refractivity (Wildman–Crippen MR) is 84.8 cm³/mol. The van der Waals surface area contributed by atoms with E-state index < -0.39 is 0 Å². The molecule has 0 bridgehead atoms. The van der Waals surface area contributed by atoms with Crippen molar-refractivity contribution >= 4 is 5.91 Å². The van der Waals surface area contributed by atoms with Crippen LogP contribution in [0.2, 0.25) is 0 Å². The molecule has 2 N–H and O–H groups in total. The van der Waals surface area contributed by atoms with Gasteiger partial charge in [-0.2, -0.15) is 0 Å². The SMILES string of the molecule is CC(C)CCNC(=O)CN(CC1CCCNC1)C(C)C. The van der Waals surface area contributed by atoms with Crippen molar-refractivity contribution in [2.75, 3.05) is 32.7 Å². The molecule has 0 radical (unpaired) electrons. The normalized spacial score (nSPS) is 19.9. The third-order valence-corrected chi connectivity index (χ3v) is 4.01. The molecule has 1 aliphatic rings. The van der Waals surface area contributed by atoms with Gasteiger partial charge in [0.15, 0.2) is 0 Å². The zero-order chi connectivity index (χ0) is 15.0. The number of hydrogen-bond donors (Lipinski definition) is 2. The molecule has 0 spiro atoms. The maximum atomic E-state index is 12.0. The van der Waals surface area contributed by atoms with Crippen LogP contribution in [0.5, 0.6) is 0 Å². The summed E-state index contributed by atoms with van der Waals surface area (Å²) in [5.74, 6) is 1.50. The van der Waals surface area contributed by atoms with Crippen molar-refractivity contribution in [1.29, 1.82) is 0 Å². The number of amides is 1. The maximum absolute atomic E-state index is 12.0. The predicted octanol–water partition coefficient (Wildman–Crippen LogP) is 1.86. The first-order chi connectivity index (χ1) is 9.49. The number of piperidine rings is 1. The molecule has 0 aromatic heterocycles. The second-order valence-electron chi connectivity index (χ2n) is 6.77. The molecule has 4 nitrogen and oxygen atoms in total. The fourth-order valence-electron chi connectivity index (χ4n) is 2.61. The quantitative estimate of drug-likeness (QED) is 0.714. The molecule has 1 rings (SSSR count). The molecule has 0 aliphatic carbocycles. The molecule has 1 heterocycles. The van der Waals surface area contributed by atoms with Crippen molar-refractivity contribution in [3.05, 3.63) is 0 Å². The Balaban J connectivity index is 2.31. The summed E-state index contributed by atoms with van der Waals surface area (Å²) in [6.07, 6.45) is 3.60. The van der Waals surface area contributed by atoms with E-state index in [0.717, 1.165) is 32.6 Å². The first-order valence-electron chi connectivity index (χ1n) is 8.20. The Morgan fingerprint density at radius 3 is 2.65 bits per heavy atom. The Morgan fingerprint density at radius 1 is 1.35 bits per heavy atom. The minimum atomic E-state index is 0.170. The van der Waals surface area contributed by atoms with E-state index in [9.17, 15) is 4.79 Å². The highest BCUT2D eigenvalue weighted by Crippen LogP contribution is 2.13. The van der Waals surface area contributed by atoms with Crippen LogP contribution in [0.15, 0.2) is 0 Å². The Bertz CT molecular complexity index is 273. The third kappa shape index (κ3) is 7.25. The van der Waals surface area contributed by atoms with E-state index in [1.165, 1.54) is 12.8 Å². The zero-order valence-electron chi connectivity index (χ0n) is 13.7. The third-order valence-electron chi connectivity index (χ3n) is 4.01. The monoisotopic (exact) mass is 283 g/mol. The van der Waals surface area contributed by atoms with Crippen molar-refractivity contribution in [2.45, 2.75) is 53.0 Å². The van der Waals surface area contributed by atoms with E-state index >= 15 is 0 Å². The number of hydrogen-bond acceptors (Lipinski definition) is 3. The van der Waals surface area contributed by atoms with Gasteiger partial charge in [0, 0.05) is 19.1 Å². The fraction of sp³-hybridized carbons (Fsp3) is 0.938. The average Bonchev–Trinajstić information content (AvgIpc) is 2.38. The maximum Gasteiger partial charge on any atom is 0.234 e. The average molecular weight is 283 g/mol. The summed E-state index contributed by atoms with van der Waals surface area (Å²) >= 11 is 0. The van der Waals surface area contributed by atoms with Gasteiger partial charge in [-0.3, -0.25) is 9.69 Å². The van der Waals surface area contributed by atoms with Gasteiger partial charge in [0.2, 0.25) is 5.91 Å². The van der Waals surface area contributed by atoms with Crippen molar-refractivity contribution in [3.8, 4) is 0 Å². The van der Waals surface area contributed by atoms with E-state index in [1.807, 2.05) is 0 Å². The molecule has 1 unspecified atom stereocenters. The van der Waals surface area contributed by atoms with Crippen LogP contribution in [-0.2, 0) is 4.79 Å². The second kappa shape index (κ2) is 9.35. The lowest BCUT2D eigenvalue weighted by Crippen LogP contribution is -2.45. The van der Waals surface area contributed by atoms with Crippen LogP contribution < -0.4 is 10.6 Å². The minimum Gasteiger partial charge on any atom is -0.355 e. The number of nitrogens with zero attached hydrogens (tertiary/aromatic N) is 1. The Kier molecular flexibility index (Phi) is 8.15. The summed E-state index contributed by atoms with van der Waals surface area (Å²) in [7, 11) is 0. The first-order valence-corrected chi connectivity index (χ1v) is 8.20. The number of carbonyl (C=O) groups excluding carboxylic acids is 1. The molecule has 20 heavy (non-hydrogen) atoms. The van der Waals surface area contributed by atoms with Crippen molar-refractivity contribution in [3.63, 3.8) is 0 Å². The number of carbonyl (C=O) groups is 1. The molecule has 0 aromatic rings. The van der Waals surface area contributed by atoms with Gasteiger partial charge in [0.1, 0.15) is 0 Å². The molecule has 0 saturated carbocycles. The summed E-state index contributed by atoms with van der Waals surface area (Å²) in [5.41, 5.74) is 0. The zero-order valence-corrected chi connectivity index (χ0v) is 13.7. The summed E-state index contributed by atoms with van der Waals surface area (Å²) in [4.78, 5) is 14.3. The highest BCUT2D eigenvalue weighted by atomic mass is 16.2. The van der Waals surface area contributed by atoms with Crippen LogP contribution in [-0.4, -0.2) is 49.6 Å². The fourth-order valence-corrected chi connectivity index (χ4v) is 2.61. The van der Waals surface area contributed by atoms with Crippen LogP contribution >= 0.6 is 0 Å². The summed E-state index contributed by atoms with van der Waals surface area (Å²) in [5, 5.41) is 6.49. The van der Waals surface area contributed by atoms with Crippen LogP contribution in [0.25, 0.3) is 0 Å². The lowest BCUT2D eigenvalue weighted by Gasteiger charge is -2.32. The second-order valence-corrected chi connectivity index (χ2v) is 6.77. The van der Waals surface area contributed by atoms with Gasteiger partial charge in [-0.15, -0.1) is 0 Å². The van der Waals surface area contributed by atoms with E-state index in [0.29, 0.717) is 24.4 Å². The lowest BCUT2D eigenvalue weighted by atomic mass is 9.98. The molecular formula is C16H33N3O. The van der Waals surface area contributed by atoms with Gasteiger partial charge >= 0.3 is 0 Å². The smallest absolute Gasteiger partial charge is 0.234 e. The van der Waals surface area contributed by atoms with E-state index in [-0.39, 0.29) is 5.91 Å². The highest BCUT2D eigenvalue weighted by Gasteiger charge is 2.20. The van der Waals surface area contributed by atoms with Crippen molar-refractivity contribution < 1.29 is 4.79 Å². The largest absolute Gasteiger partial charge is 0.355 e. The Hall–Kier alpha value is -0.610. The van der Waals surface area contributed by atoms with Gasteiger partial charge < -0.3 is 10.6 Å². The molecular weight excluding hydrogens is 250 g/mol. The van der Waals surface area contributed by atoms with Crippen molar-refractivity contribution in [2.24, 2.45) is 11.8 Å². The summed E-state index contributed by atoms with van der Waals surface area (Å²) < 4.78 is 0. The molecule has 1 aliphatic heterocycles. The Morgan fingerprint density at radius 2 is 2.10 bits per heavy atom. The topological polar surface area (TPSA) is 44.4 Å². The highest BCUT2D eigenvalue weighted by molar-refractivity contribution is 5.78.